The van der Waals surface area contributed by atoms with Crippen LogP contribution in [0.4, 0.5) is 9.18 Å². The molecule has 70 heavy (non-hydrogen) atoms. The molecule has 3 atom stereocenters. The van der Waals surface area contributed by atoms with Gasteiger partial charge in [-0.2, -0.15) is 0 Å². The molecule has 2 aliphatic heterocycles. The maximum absolute atomic E-state index is 15.3. The van der Waals surface area contributed by atoms with E-state index in [1.807, 2.05) is 0 Å². The number of carbonyl (C=O) groups is 8. The molecule has 0 bridgehead atoms. The molecule has 7 rings (SSSR count). The number of ether oxygens (including phenoxy) is 2. The lowest BCUT2D eigenvalue weighted by Gasteiger charge is -2.31. The number of nitrogens with zero attached hydrogens (tertiary/aromatic N) is 2. The highest BCUT2D eigenvalue weighted by molar-refractivity contribution is 5.96. The van der Waals surface area contributed by atoms with Gasteiger partial charge in [-0.25, -0.2) is 19.0 Å². The van der Waals surface area contributed by atoms with Gasteiger partial charge in [-0.1, -0.05) is 37.3 Å². The first-order valence-corrected chi connectivity index (χ1v) is 22.7. The molecule has 1 aliphatic carbocycles. The average Bonchev–Trinajstić information content (AvgIpc) is 3.69. The lowest BCUT2D eigenvalue weighted by molar-refractivity contribution is -0.172. The Labute approximate surface area is 400 Å². The molecule has 0 spiro atoms. The van der Waals surface area contributed by atoms with Crippen molar-refractivity contribution in [3.63, 3.8) is 0 Å². The van der Waals surface area contributed by atoms with Crippen LogP contribution in [0.2, 0.25) is 0 Å². The molecule has 8 N–H and O–H groups in total. The van der Waals surface area contributed by atoms with Crippen LogP contribution in [-0.4, -0.2) is 107 Å². The smallest absolute Gasteiger partial charge is 0.408 e. The van der Waals surface area contributed by atoms with Crippen LogP contribution < -0.4 is 42.8 Å². The quantitative estimate of drug-likeness (QED) is 0.0621. The molecule has 0 unspecified atom stereocenters. The molecule has 0 fully saturated rings. The minimum atomic E-state index is -2.06. The van der Waals surface area contributed by atoms with Gasteiger partial charge in [0.2, 0.25) is 35.4 Å². The summed E-state index contributed by atoms with van der Waals surface area (Å²) in [5, 5.41) is 29.3. The predicted molar refractivity (Wildman–Crippen MR) is 247 cm³/mol. The normalized spacial score (nSPS) is 16.8. The number of alkyl carbamates (subject to hydrolysis) is 1. The van der Waals surface area contributed by atoms with Gasteiger partial charge in [0.05, 0.1) is 61.2 Å². The first-order chi connectivity index (χ1) is 33.2. The fourth-order valence-corrected chi connectivity index (χ4v) is 8.73. The molecule has 2 aromatic heterocycles. The van der Waals surface area contributed by atoms with Gasteiger partial charge in [-0.3, -0.25) is 33.6 Å². The van der Waals surface area contributed by atoms with Crippen molar-refractivity contribution in [3.8, 4) is 11.4 Å². The highest BCUT2D eigenvalue weighted by atomic mass is 19.1. The number of pyridine rings is 2. The molecule has 7 amide bonds. The van der Waals surface area contributed by atoms with E-state index in [2.05, 4.69) is 37.2 Å². The topological polar surface area (TPSA) is 294 Å². The van der Waals surface area contributed by atoms with E-state index in [1.165, 1.54) is 10.6 Å². The molecule has 0 saturated heterocycles. The third kappa shape index (κ3) is 10.9. The van der Waals surface area contributed by atoms with Gasteiger partial charge >= 0.3 is 12.1 Å². The summed E-state index contributed by atoms with van der Waals surface area (Å²) < 4.78 is 27.1. The second-order valence-corrected chi connectivity index (χ2v) is 18.2. The predicted octanol–water partition coefficient (Wildman–Crippen LogP) is 0.348. The number of hydrogen-bond acceptors (Lipinski definition) is 13. The number of cyclic esters (lactones) is 1. The number of carbonyl (C=O) groups excluding carboxylic acids is 8. The molecule has 3 aliphatic rings. The number of fused-ring (bicyclic) bond motifs is 5. The van der Waals surface area contributed by atoms with Crippen LogP contribution in [0.15, 0.2) is 47.3 Å². The highest BCUT2D eigenvalue weighted by Gasteiger charge is 2.46. The fraction of sp³-hybridized carbons (Fsp3) is 0.417. The number of aromatic nitrogens is 2. The third-order valence-corrected chi connectivity index (χ3v) is 12.2. The zero-order valence-corrected chi connectivity index (χ0v) is 39.2. The Kier molecular flexibility index (Phi) is 14.7. The Morgan fingerprint density at radius 1 is 0.871 bits per heavy atom. The second kappa shape index (κ2) is 20.5. The Morgan fingerprint density at radius 2 is 1.50 bits per heavy atom. The lowest BCUT2D eigenvalue weighted by Crippen LogP contribution is -2.52. The van der Waals surface area contributed by atoms with E-state index in [-0.39, 0.29) is 37.1 Å². The molecule has 0 radical (unpaired) electrons. The summed E-state index contributed by atoms with van der Waals surface area (Å²) in [5.74, 6) is -5.59. The van der Waals surface area contributed by atoms with Crippen molar-refractivity contribution in [1.82, 2.24) is 46.8 Å². The van der Waals surface area contributed by atoms with Crippen molar-refractivity contribution >= 4 is 58.4 Å². The number of aliphatic hydroxyl groups is 1. The molecule has 4 aromatic rings. The van der Waals surface area contributed by atoms with Crippen LogP contribution in [0.3, 0.4) is 0 Å². The molecule has 22 heteroatoms. The van der Waals surface area contributed by atoms with Crippen LogP contribution in [0.5, 0.6) is 0 Å². The highest BCUT2D eigenvalue weighted by Crippen LogP contribution is 2.46. The molecular weight excluding hydrogens is 914 g/mol. The maximum atomic E-state index is 15.3. The van der Waals surface area contributed by atoms with Crippen LogP contribution in [-0.2, 0) is 74.6 Å². The summed E-state index contributed by atoms with van der Waals surface area (Å²) in [6, 6.07) is 9.70. The molecule has 370 valence electrons. The maximum Gasteiger partial charge on any atom is 0.408 e. The van der Waals surface area contributed by atoms with E-state index in [1.54, 1.807) is 71.0 Å². The van der Waals surface area contributed by atoms with Gasteiger partial charge in [0.15, 0.2) is 5.60 Å². The standard InChI is InChI=1S/C48H54FN9O12/c1-6-48(68)29-15-34-42-27(22-58(34)44(65)28(29)23-69-45(48)66)41-31(13-12-26-24(2)30(49)16-32(57-42)40(26)41)55-38(62)20-51-35(59)17-50-36(60)18-53-43(64)33(14-25-10-8-7-9-11-25)56-39(63)21-52-37(61)19-54-46(67)70-47(3,4)5/h7-11,15-16,31,33,68H,6,12-14,17-23H2,1-5H3,(H,50,60)(H,51,59)(H,52,61)(H,53,64)(H,54,67)(H,55,62)(H,56,63)/t31-,33-,48-/m0/s1. The number of amides is 7. The Morgan fingerprint density at radius 3 is 2.16 bits per heavy atom. The van der Waals surface area contributed by atoms with Gasteiger partial charge < -0.3 is 56.4 Å². The number of benzene rings is 2. The van der Waals surface area contributed by atoms with Crippen molar-refractivity contribution in [2.24, 2.45) is 0 Å². The van der Waals surface area contributed by atoms with E-state index in [0.717, 1.165) is 0 Å². The van der Waals surface area contributed by atoms with Crippen LogP contribution in [0.1, 0.15) is 85.5 Å². The van der Waals surface area contributed by atoms with E-state index in [9.17, 15) is 48.3 Å². The van der Waals surface area contributed by atoms with E-state index in [4.69, 9.17) is 14.5 Å². The first kappa shape index (κ1) is 50.1. The summed E-state index contributed by atoms with van der Waals surface area (Å²) in [5.41, 5.74) is 0.889. The van der Waals surface area contributed by atoms with Crippen LogP contribution in [0.25, 0.3) is 22.3 Å². The van der Waals surface area contributed by atoms with E-state index in [0.29, 0.717) is 62.9 Å². The molecule has 21 nitrogen and oxygen atoms in total. The van der Waals surface area contributed by atoms with Crippen molar-refractivity contribution in [2.45, 2.75) is 96.7 Å². The van der Waals surface area contributed by atoms with Gasteiger partial charge in [0, 0.05) is 29.0 Å². The van der Waals surface area contributed by atoms with Crippen molar-refractivity contribution in [2.75, 3.05) is 32.7 Å². The SMILES string of the molecule is CC[C@@]1(O)C(=O)OCc2c1cc1n(c2=O)Cc2c-1nc1cc(F)c(C)c3c1c2[C@@H](NC(=O)CNC(=O)CNC(=O)CNC(=O)[C@H](Cc1ccccc1)NC(=O)CNC(=O)CNC(=O)OC(C)(C)C)CC3. The molecule has 4 heterocycles. The minimum absolute atomic E-state index is 0.0251. The van der Waals surface area contributed by atoms with Crippen molar-refractivity contribution in [3.05, 3.63) is 97.6 Å². The summed E-state index contributed by atoms with van der Waals surface area (Å²) in [6.45, 7) is 5.30. The second-order valence-electron chi connectivity index (χ2n) is 18.2. The number of rotatable bonds is 16. The summed E-state index contributed by atoms with van der Waals surface area (Å²) in [4.78, 5) is 121. The van der Waals surface area contributed by atoms with Gasteiger partial charge in [-0.15, -0.1) is 0 Å². The van der Waals surface area contributed by atoms with Crippen molar-refractivity contribution in [1.29, 1.82) is 0 Å². The summed E-state index contributed by atoms with van der Waals surface area (Å²) >= 11 is 0. The lowest BCUT2D eigenvalue weighted by atomic mass is 9.81. The summed E-state index contributed by atoms with van der Waals surface area (Å²) in [6.07, 6.45) is -0.133. The number of halogens is 1. The first-order valence-electron chi connectivity index (χ1n) is 22.7. The Balaban J connectivity index is 0.939. The summed E-state index contributed by atoms with van der Waals surface area (Å²) in [7, 11) is 0. The monoisotopic (exact) mass is 967 g/mol. The zero-order chi connectivity index (χ0) is 50.7. The number of aryl methyl sites for hydroxylation is 1. The molecular formula is C48H54FN9O12. The molecule has 2 aromatic carbocycles. The average molecular weight is 968 g/mol. The van der Waals surface area contributed by atoms with Crippen LogP contribution in [0, 0.1) is 12.7 Å². The van der Waals surface area contributed by atoms with E-state index < -0.39 is 115 Å². The van der Waals surface area contributed by atoms with Gasteiger partial charge in [-0.05, 0) is 75.3 Å². The zero-order valence-electron chi connectivity index (χ0n) is 39.2. The van der Waals surface area contributed by atoms with E-state index >= 15 is 4.39 Å². The third-order valence-electron chi connectivity index (χ3n) is 12.2. The number of nitrogens with one attached hydrogen (secondary N) is 7. The Bertz CT molecular complexity index is 2880. The van der Waals surface area contributed by atoms with Gasteiger partial charge in [0.1, 0.15) is 30.6 Å². The van der Waals surface area contributed by atoms with Gasteiger partial charge in [0.25, 0.3) is 5.56 Å². The molecule has 0 saturated carbocycles. The van der Waals surface area contributed by atoms with Crippen LogP contribution >= 0.6 is 0 Å². The number of hydrogen-bond donors (Lipinski definition) is 8. The minimum Gasteiger partial charge on any atom is -0.458 e. The largest absolute Gasteiger partial charge is 0.458 e. The fourth-order valence-electron chi connectivity index (χ4n) is 8.73. The number of esters is 1. The Hall–Kier alpha value is -7.75. The van der Waals surface area contributed by atoms with Crippen molar-refractivity contribution < 1.29 is 57.3 Å².